The van der Waals surface area contributed by atoms with Crippen molar-refractivity contribution in [2.45, 2.75) is 39.5 Å². The van der Waals surface area contributed by atoms with Gasteiger partial charge in [0.15, 0.2) is 0 Å². The lowest BCUT2D eigenvalue weighted by Crippen LogP contribution is -2.30. The van der Waals surface area contributed by atoms with Crippen molar-refractivity contribution in [2.75, 3.05) is 25.5 Å². The summed E-state index contributed by atoms with van der Waals surface area (Å²) in [5.41, 5.74) is 4.20. The highest BCUT2D eigenvalue weighted by molar-refractivity contribution is 5.98. The molecular formula is C24H30N2O3. The number of para-hydroxylation sites is 1. The number of nitrogens with one attached hydrogen (secondary N) is 1. The largest absolute Gasteiger partial charge is 0.497 e. The number of likely N-dealkylation sites (tertiary alicyclic amines) is 1. The Morgan fingerprint density at radius 2 is 1.93 bits per heavy atom. The first kappa shape index (κ1) is 20.9. The van der Waals surface area contributed by atoms with E-state index in [0.717, 1.165) is 34.5 Å². The first-order valence-electron chi connectivity index (χ1n) is 10.2. The number of nitrogens with zero attached hydrogens (tertiary/aromatic N) is 1. The van der Waals surface area contributed by atoms with Crippen molar-refractivity contribution >= 4 is 17.5 Å². The number of amides is 2. The smallest absolute Gasteiger partial charge is 0.229 e. The van der Waals surface area contributed by atoms with Crippen LogP contribution in [0.5, 0.6) is 5.75 Å². The van der Waals surface area contributed by atoms with Crippen LogP contribution in [0.1, 0.15) is 42.9 Å². The fourth-order valence-corrected chi connectivity index (χ4v) is 3.79. The van der Waals surface area contributed by atoms with Crippen LogP contribution < -0.4 is 10.1 Å². The maximum absolute atomic E-state index is 12.9. The molecule has 2 aromatic rings. The fourth-order valence-electron chi connectivity index (χ4n) is 3.79. The number of hydrogen-bond donors (Lipinski definition) is 1. The summed E-state index contributed by atoms with van der Waals surface area (Å²) in [6.45, 7) is 7.33. The zero-order valence-corrected chi connectivity index (χ0v) is 17.7. The molecule has 2 amide bonds. The number of carbonyl (C=O) groups is 2. The molecule has 29 heavy (non-hydrogen) atoms. The van der Waals surface area contributed by atoms with Crippen LogP contribution in [-0.4, -0.2) is 36.9 Å². The van der Waals surface area contributed by atoms with Gasteiger partial charge in [-0.1, -0.05) is 44.2 Å². The van der Waals surface area contributed by atoms with Crippen molar-refractivity contribution in [1.29, 1.82) is 0 Å². The Hall–Kier alpha value is -2.82. The lowest BCUT2D eigenvalue weighted by Gasteiger charge is -2.19. The molecule has 0 spiro atoms. The molecule has 0 bridgehead atoms. The molecule has 1 atom stereocenters. The quantitative estimate of drug-likeness (QED) is 0.767. The molecule has 3 rings (SSSR count). The van der Waals surface area contributed by atoms with Crippen LogP contribution >= 0.6 is 0 Å². The highest BCUT2D eigenvalue weighted by atomic mass is 16.5. The predicted octanol–water partition coefficient (Wildman–Crippen LogP) is 4.16. The molecule has 0 saturated carbocycles. The van der Waals surface area contributed by atoms with E-state index in [1.807, 2.05) is 49.4 Å². The van der Waals surface area contributed by atoms with Crippen LogP contribution in [0, 0.1) is 12.8 Å². The molecule has 5 nitrogen and oxygen atoms in total. The van der Waals surface area contributed by atoms with E-state index in [1.165, 1.54) is 0 Å². The Morgan fingerprint density at radius 3 is 2.59 bits per heavy atom. The van der Waals surface area contributed by atoms with Gasteiger partial charge in [-0.2, -0.15) is 0 Å². The lowest BCUT2D eigenvalue weighted by molar-refractivity contribution is -0.128. The summed E-state index contributed by atoms with van der Waals surface area (Å²) in [5, 5.41) is 3.10. The Bertz CT molecular complexity index is 874. The molecular weight excluding hydrogens is 364 g/mol. The summed E-state index contributed by atoms with van der Waals surface area (Å²) < 4.78 is 5.18. The van der Waals surface area contributed by atoms with Gasteiger partial charge in [0, 0.05) is 25.2 Å². The summed E-state index contributed by atoms with van der Waals surface area (Å²) in [4.78, 5) is 27.1. The second-order valence-electron chi connectivity index (χ2n) is 8.02. The van der Waals surface area contributed by atoms with Gasteiger partial charge in [-0.05, 0) is 48.1 Å². The molecule has 1 aliphatic heterocycles. The van der Waals surface area contributed by atoms with Crippen molar-refractivity contribution in [3.63, 3.8) is 0 Å². The van der Waals surface area contributed by atoms with Crippen molar-refractivity contribution < 1.29 is 14.3 Å². The summed E-state index contributed by atoms with van der Waals surface area (Å²) in [6, 6.07) is 13.9. The van der Waals surface area contributed by atoms with E-state index >= 15 is 0 Å². The number of ether oxygens (including phenoxy) is 1. The number of benzene rings is 2. The third-order valence-corrected chi connectivity index (χ3v) is 5.59. The number of methoxy groups -OCH3 is 1. The second-order valence-corrected chi connectivity index (χ2v) is 8.02. The molecule has 1 N–H and O–H groups in total. The number of rotatable bonds is 7. The van der Waals surface area contributed by atoms with Crippen LogP contribution in [-0.2, 0) is 16.0 Å². The minimum Gasteiger partial charge on any atom is -0.497 e. The van der Waals surface area contributed by atoms with E-state index in [9.17, 15) is 9.59 Å². The zero-order chi connectivity index (χ0) is 21.0. The highest BCUT2D eigenvalue weighted by Crippen LogP contribution is 2.29. The summed E-state index contributed by atoms with van der Waals surface area (Å²) in [5.74, 6) is 0.808. The average molecular weight is 395 g/mol. The Labute approximate surface area is 173 Å². The van der Waals surface area contributed by atoms with Crippen LogP contribution in [0.4, 0.5) is 5.69 Å². The van der Waals surface area contributed by atoms with Gasteiger partial charge in [0.2, 0.25) is 11.8 Å². The van der Waals surface area contributed by atoms with Crippen LogP contribution in [0.25, 0.3) is 0 Å². The number of hydrogen-bond acceptors (Lipinski definition) is 3. The van der Waals surface area contributed by atoms with E-state index in [-0.39, 0.29) is 24.2 Å². The lowest BCUT2D eigenvalue weighted by atomic mass is 9.97. The van der Waals surface area contributed by atoms with Gasteiger partial charge in [-0.15, -0.1) is 0 Å². The van der Waals surface area contributed by atoms with Crippen molar-refractivity contribution in [1.82, 2.24) is 4.90 Å². The first-order valence-corrected chi connectivity index (χ1v) is 10.2. The minimum atomic E-state index is -0.307. The van der Waals surface area contributed by atoms with E-state index < -0.39 is 0 Å². The Morgan fingerprint density at radius 1 is 1.21 bits per heavy atom. The fraction of sp³-hybridized carbons (Fsp3) is 0.417. The summed E-state index contributed by atoms with van der Waals surface area (Å²) in [6.07, 6.45) is 1.04. The average Bonchev–Trinajstić information content (AvgIpc) is 3.09. The normalized spacial score (nSPS) is 16.4. The number of anilines is 1. The number of aryl methyl sites for hydroxylation is 1. The van der Waals surface area contributed by atoms with Gasteiger partial charge in [0.05, 0.1) is 13.0 Å². The topological polar surface area (TPSA) is 58.6 Å². The van der Waals surface area contributed by atoms with Crippen molar-refractivity contribution in [3.05, 3.63) is 59.2 Å². The molecule has 1 aliphatic rings. The molecule has 1 unspecified atom stereocenters. The SMILES string of the molecule is COc1ccc(CCN2CC(C(=O)Nc3c(C)cccc3C(C)C)CC2=O)cc1. The Kier molecular flexibility index (Phi) is 6.57. The van der Waals surface area contributed by atoms with Gasteiger partial charge in [-0.3, -0.25) is 9.59 Å². The van der Waals surface area contributed by atoms with Crippen LogP contribution in [0.3, 0.4) is 0 Å². The third kappa shape index (κ3) is 4.97. The maximum atomic E-state index is 12.9. The van der Waals surface area contributed by atoms with Gasteiger partial charge in [-0.25, -0.2) is 0 Å². The number of carbonyl (C=O) groups excluding carboxylic acids is 2. The summed E-state index contributed by atoms with van der Waals surface area (Å²) >= 11 is 0. The highest BCUT2D eigenvalue weighted by Gasteiger charge is 2.34. The molecule has 1 saturated heterocycles. The standard InChI is InChI=1S/C24H30N2O3/c1-16(2)21-7-5-6-17(3)23(21)25-24(28)19-14-22(27)26(15-19)13-12-18-8-10-20(29-4)11-9-18/h5-11,16,19H,12-15H2,1-4H3,(H,25,28). The molecule has 2 aromatic carbocycles. The molecule has 0 aliphatic carbocycles. The van der Waals surface area contributed by atoms with Gasteiger partial charge in [0.1, 0.15) is 5.75 Å². The third-order valence-electron chi connectivity index (χ3n) is 5.59. The van der Waals surface area contributed by atoms with Crippen molar-refractivity contribution in [3.8, 4) is 5.75 Å². The summed E-state index contributed by atoms with van der Waals surface area (Å²) in [7, 11) is 1.64. The van der Waals surface area contributed by atoms with E-state index in [2.05, 4.69) is 19.2 Å². The van der Waals surface area contributed by atoms with E-state index in [1.54, 1.807) is 12.0 Å². The van der Waals surface area contributed by atoms with Crippen LogP contribution in [0.15, 0.2) is 42.5 Å². The maximum Gasteiger partial charge on any atom is 0.229 e. The monoisotopic (exact) mass is 394 g/mol. The van der Waals surface area contributed by atoms with Crippen molar-refractivity contribution in [2.24, 2.45) is 5.92 Å². The molecule has 0 aromatic heterocycles. The molecule has 0 radical (unpaired) electrons. The minimum absolute atomic E-state index is 0.0486. The first-order chi connectivity index (χ1) is 13.9. The molecule has 1 fully saturated rings. The van der Waals surface area contributed by atoms with Gasteiger partial charge < -0.3 is 15.0 Å². The van der Waals surface area contributed by atoms with Crippen LogP contribution in [0.2, 0.25) is 0 Å². The molecule has 1 heterocycles. The zero-order valence-electron chi connectivity index (χ0n) is 17.7. The Balaban J connectivity index is 1.60. The molecule has 154 valence electrons. The van der Waals surface area contributed by atoms with E-state index in [0.29, 0.717) is 19.0 Å². The van der Waals surface area contributed by atoms with E-state index in [4.69, 9.17) is 4.74 Å². The van der Waals surface area contributed by atoms with Gasteiger partial charge >= 0.3 is 0 Å². The second kappa shape index (κ2) is 9.12. The van der Waals surface area contributed by atoms with Gasteiger partial charge in [0.25, 0.3) is 0 Å². The predicted molar refractivity (Wildman–Crippen MR) is 115 cm³/mol. The molecule has 5 heteroatoms.